The van der Waals surface area contributed by atoms with E-state index in [1.165, 1.54) is 0 Å². The number of benzene rings is 1. The first-order valence-corrected chi connectivity index (χ1v) is 7.19. The number of hydrogen-bond donors (Lipinski definition) is 2. The molecule has 2 rings (SSSR count). The van der Waals surface area contributed by atoms with Gasteiger partial charge in [0.2, 0.25) is 0 Å². The van der Waals surface area contributed by atoms with Crippen LogP contribution >= 0.6 is 11.6 Å². The maximum absolute atomic E-state index is 11.5. The lowest BCUT2D eigenvalue weighted by molar-refractivity contribution is 0.100. The van der Waals surface area contributed by atoms with E-state index in [0.717, 1.165) is 45.0 Å². The number of amides is 1. The lowest BCUT2D eigenvalue weighted by Gasteiger charge is -2.30. The van der Waals surface area contributed by atoms with Crippen molar-refractivity contribution in [3.63, 3.8) is 0 Å². The molecular weight excluding hydrogens is 276 g/mol. The van der Waals surface area contributed by atoms with E-state index < -0.39 is 5.91 Å². The second-order valence-electron chi connectivity index (χ2n) is 5.04. The maximum Gasteiger partial charge on any atom is 0.250 e. The van der Waals surface area contributed by atoms with E-state index in [4.69, 9.17) is 17.3 Å². The van der Waals surface area contributed by atoms with Crippen LogP contribution in [0.3, 0.4) is 0 Å². The first-order chi connectivity index (χ1) is 9.58. The minimum Gasteiger partial charge on any atom is -0.373 e. The Morgan fingerprint density at radius 1 is 1.45 bits per heavy atom. The van der Waals surface area contributed by atoms with Gasteiger partial charge in [-0.1, -0.05) is 11.6 Å². The van der Waals surface area contributed by atoms with Crippen molar-refractivity contribution in [2.24, 2.45) is 5.73 Å². The Labute approximate surface area is 124 Å². The Kier molecular flexibility index (Phi) is 5.23. The van der Waals surface area contributed by atoms with Crippen LogP contribution in [-0.2, 0) is 0 Å². The molecule has 20 heavy (non-hydrogen) atoms. The van der Waals surface area contributed by atoms with Gasteiger partial charge >= 0.3 is 0 Å². The van der Waals surface area contributed by atoms with Gasteiger partial charge in [-0.15, -0.1) is 0 Å². The topological polar surface area (TPSA) is 61.6 Å². The van der Waals surface area contributed by atoms with E-state index in [1.54, 1.807) is 12.1 Å². The predicted molar refractivity (Wildman–Crippen MR) is 82.5 cm³/mol. The fourth-order valence-corrected chi connectivity index (χ4v) is 2.56. The number of anilines is 1. The van der Waals surface area contributed by atoms with Crippen molar-refractivity contribution in [1.29, 1.82) is 0 Å². The smallest absolute Gasteiger partial charge is 0.250 e. The van der Waals surface area contributed by atoms with Gasteiger partial charge in [-0.25, -0.2) is 0 Å². The van der Waals surface area contributed by atoms with Crippen LogP contribution in [0.15, 0.2) is 18.2 Å². The first-order valence-electron chi connectivity index (χ1n) is 6.81. The molecule has 6 heteroatoms. The van der Waals surface area contributed by atoms with Crippen molar-refractivity contribution in [3.8, 4) is 0 Å². The summed E-state index contributed by atoms with van der Waals surface area (Å²) in [6.45, 7) is 6.03. The number of halogens is 1. The SMILES string of the molecule is CN(CCN1CCNCC1)c1ccc(Cl)cc1C(N)=O. The summed E-state index contributed by atoms with van der Waals surface area (Å²) < 4.78 is 0. The Balaban J connectivity index is 2.01. The highest BCUT2D eigenvalue weighted by Crippen LogP contribution is 2.23. The van der Waals surface area contributed by atoms with Gasteiger partial charge in [-0.2, -0.15) is 0 Å². The van der Waals surface area contributed by atoms with Crippen LogP contribution in [0.1, 0.15) is 10.4 Å². The third-order valence-corrected chi connectivity index (χ3v) is 3.83. The Bertz CT molecular complexity index is 474. The van der Waals surface area contributed by atoms with E-state index in [-0.39, 0.29) is 0 Å². The molecule has 1 aliphatic heterocycles. The summed E-state index contributed by atoms with van der Waals surface area (Å²) in [6.07, 6.45) is 0. The number of nitrogens with one attached hydrogen (secondary N) is 1. The summed E-state index contributed by atoms with van der Waals surface area (Å²) in [6, 6.07) is 5.26. The molecule has 1 saturated heterocycles. The van der Waals surface area contributed by atoms with E-state index in [2.05, 4.69) is 15.1 Å². The zero-order valence-electron chi connectivity index (χ0n) is 11.7. The van der Waals surface area contributed by atoms with Crippen LogP contribution in [-0.4, -0.2) is 57.1 Å². The number of nitrogens with two attached hydrogens (primary N) is 1. The molecule has 3 N–H and O–H groups in total. The number of rotatable bonds is 5. The van der Waals surface area contributed by atoms with E-state index in [9.17, 15) is 4.79 Å². The normalized spacial score (nSPS) is 16.1. The lowest BCUT2D eigenvalue weighted by Crippen LogP contribution is -2.46. The van der Waals surface area contributed by atoms with Gasteiger partial charge in [0.25, 0.3) is 5.91 Å². The van der Waals surface area contributed by atoms with E-state index in [0.29, 0.717) is 10.6 Å². The summed E-state index contributed by atoms with van der Waals surface area (Å²) in [4.78, 5) is 16.0. The average Bonchev–Trinajstić information content (AvgIpc) is 2.45. The predicted octanol–water partition coefficient (Wildman–Crippen LogP) is 0.780. The molecule has 0 aromatic heterocycles. The van der Waals surface area contributed by atoms with Gasteiger partial charge in [0, 0.05) is 57.0 Å². The zero-order chi connectivity index (χ0) is 14.5. The number of primary amides is 1. The van der Waals surface area contributed by atoms with Crippen LogP contribution in [0, 0.1) is 0 Å². The van der Waals surface area contributed by atoms with Crippen LogP contribution in [0.25, 0.3) is 0 Å². The molecule has 1 aliphatic rings. The van der Waals surface area contributed by atoms with Crippen molar-refractivity contribution in [2.75, 3.05) is 51.2 Å². The second-order valence-corrected chi connectivity index (χ2v) is 5.48. The average molecular weight is 297 g/mol. The summed E-state index contributed by atoms with van der Waals surface area (Å²) in [5.41, 5.74) is 6.72. The van der Waals surface area contributed by atoms with Crippen molar-refractivity contribution >= 4 is 23.2 Å². The van der Waals surface area contributed by atoms with Gasteiger partial charge in [-0.3, -0.25) is 9.69 Å². The summed E-state index contributed by atoms with van der Waals surface area (Å²) in [7, 11) is 1.97. The van der Waals surface area contributed by atoms with Crippen molar-refractivity contribution in [2.45, 2.75) is 0 Å². The van der Waals surface area contributed by atoms with Crippen LogP contribution in [0.5, 0.6) is 0 Å². The monoisotopic (exact) mass is 296 g/mol. The number of likely N-dealkylation sites (N-methyl/N-ethyl adjacent to an activating group) is 1. The number of piperazine rings is 1. The van der Waals surface area contributed by atoms with Gasteiger partial charge < -0.3 is 16.0 Å². The van der Waals surface area contributed by atoms with Crippen molar-refractivity contribution in [1.82, 2.24) is 10.2 Å². The molecule has 1 aromatic rings. The van der Waals surface area contributed by atoms with E-state index in [1.807, 2.05) is 13.1 Å². The Hall–Kier alpha value is -1.30. The summed E-state index contributed by atoms with van der Waals surface area (Å²) in [5.74, 6) is -0.448. The van der Waals surface area contributed by atoms with E-state index >= 15 is 0 Å². The van der Waals surface area contributed by atoms with Gasteiger partial charge in [0.1, 0.15) is 0 Å². The number of carbonyl (C=O) groups excluding carboxylic acids is 1. The highest BCUT2D eigenvalue weighted by Gasteiger charge is 2.14. The molecule has 5 nitrogen and oxygen atoms in total. The molecule has 0 bridgehead atoms. The molecule has 0 atom stereocenters. The quantitative estimate of drug-likeness (QED) is 0.843. The molecular formula is C14H21ClN4O. The fraction of sp³-hybridized carbons (Fsp3) is 0.500. The molecule has 1 heterocycles. The van der Waals surface area contributed by atoms with Crippen LogP contribution in [0.2, 0.25) is 5.02 Å². The molecule has 0 spiro atoms. The molecule has 0 aliphatic carbocycles. The van der Waals surface area contributed by atoms with Crippen molar-refractivity contribution < 1.29 is 4.79 Å². The highest BCUT2D eigenvalue weighted by molar-refractivity contribution is 6.31. The molecule has 0 saturated carbocycles. The van der Waals surface area contributed by atoms with Gasteiger partial charge in [-0.05, 0) is 18.2 Å². The number of nitrogens with zero attached hydrogens (tertiary/aromatic N) is 2. The summed E-state index contributed by atoms with van der Waals surface area (Å²) in [5, 5.41) is 3.86. The minimum atomic E-state index is -0.448. The van der Waals surface area contributed by atoms with Gasteiger partial charge in [0.15, 0.2) is 0 Å². The second kappa shape index (κ2) is 6.92. The molecule has 110 valence electrons. The highest BCUT2D eigenvalue weighted by atomic mass is 35.5. The zero-order valence-corrected chi connectivity index (χ0v) is 12.5. The summed E-state index contributed by atoms with van der Waals surface area (Å²) >= 11 is 5.92. The molecule has 0 radical (unpaired) electrons. The minimum absolute atomic E-state index is 0.448. The van der Waals surface area contributed by atoms with Gasteiger partial charge in [0.05, 0.1) is 5.56 Å². The standard InChI is InChI=1S/C14H21ClN4O/c1-18(8-9-19-6-4-17-5-7-19)13-3-2-11(15)10-12(13)14(16)20/h2-3,10,17H,4-9H2,1H3,(H2,16,20). The third kappa shape index (κ3) is 3.85. The molecule has 0 unspecified atom stereocenters. The number of carbonyl (C=O) groups is 1. The Morgan fingerprint density at radius 3 is 2.80 bits per heavy atom. The van der Waals surface area contributed by atoms with Crippen LogP contribution < -0.4 is 16.0 Å². The van der Waals surface area contributed by atoms with Crippen molar-refractivity contribution in [3.05, 3.63) is 28.8 Å². The number of hydrogen-bond acceptors (Lipinski definition) is 4. The largest absolute Gasteiger partial charge is 0.373 e. The van der Waals surface area contributed by atoms with Crippen LogP contribution in [0.4, 0.5) is 5.69 Å². The maximum atomic E-state index is 11.5. The Morgan fingerprint density at radius 2 is 2.15 bits per heavy atom. The fourth-order valence-electron chi connectivity index (χ4n) is 2.39. The molecule has 1 fully saturated rings. The third-order valence-electron chi connectivity index (χ3n) is 3.60. The first kappa shape index (κ1) is 15.1. The molecule has 1 aromatic carbocycles. The lowest BCUT2D eigenvalue weighted by atomic mass is 10.1. The molecule has 1 amide bonds.